The topological polar surface area (TPSA) is 72.5 Å². The van der Waals surface area contributed by atoms with E-state index in [1.165, 1.54) is 7.11 Å². The average molecular weight is 354 g/mol. The molecule has 0 saturated heterocycles. The fourth-order valence-corrected chi connectivity index (χ4v) is 3.48. The Morgan fingerprint density at radius 3 is 2.48 bits per heavy atom. The van der Waals surface area contributed by atoms with Crippen molar-refractivity contribution >= 4 is 33.0 Å². The molecule has 5 nitrogen and oxygen atoms in total. The molecule has 0 unspecified atom stereocenters. The van der Waals surface area contributed by atoms with E-state index in [2.05, 4.69) is 5.32 Å². The number of methoxy groups -OCH3 is 1. The second-order valence-corrected chi connectivity index (χ2v) is 7.44. The number of sulfone groups is 1. The van der Waals surface area contributed by atoms with Crippen LogP contribution in [0.3, 0.4) is 0 Å². The van der Waals surface area contributed by atoms with Crippen molar-refractivity contribution in [2.45, 2.75) is 5.75 Å². The number of nitrogens with one attached hydrogen (secondary N) is 1. The molecule has 0 heterocycles. The zero-order chi connectivity index (χ0) is 16.9. The van der Waals surface area contributed by atoms with Crippen LogP contribution in [0.25, 0.3) is 0 Å². The average Bonchev–Trinajstić information content (AvgIpc) is 2.46. The Hall–Kier alpha value is -2.05. The molecule has 0 radical (unpaired) electrons. The number of anilines is 1. The Bertz CT molecular complexity index is 788. The number of hydrogen-bond acceptors (Lipinski definition) is 4. The number of carbonyl (C=O) groups excluding carboxylic acids is 1. The molecule has 1 N–H and O–H groups in total. The SMILES string of the molecule is COc1ccc(NC(=O)CS(=O)(=O)Cc2cccc(Cl)c2)cc1. The summed E-state index contributed by atoms with van der Waals surface area (Å²) in [7, 11) is -2.04. The highest BCUT2D eigenvalue weighted by Crippen LogP contribution is 2.16. The number of ether oxygens (including phenoxy) is 1. The lowest BCUT2D eigenvalue weighted by Crippen LogP contribution is -2.23. The molecular formula is C16H16ClNO4S. The number of halogens is 1. The van der Waals surface area contributed by atoms with Gasteiger partial charge in [-0.15, -0.1) is 0 Å². The van der Waals surface area contributed by atoms with Gasteiger partial charge in [-0.05, 0) is 42.0 Å². The van der Waals surface area contributed by atoms with Gasteiger partial charge in [-0.25, -0.2) is 8.42 Å². The molecular weight excluding hydrogens is 338 g/mol. The first-order chi connectivity index (χ1) is 10.9. The Morgan fingerprint density at radius 1 is 1.17 bits per heavy atom. The Kier molecular flexibility index (Phi) is 5.63. The highest BCUT2D eigenvalue weighted by atomic mass is 35.5. The van der Waals surface area contributed by atoms with Crippen molar-refractivity contribution in [2.75, 3.05) is 18.2 Å². The van der Waals surface area contributed by atoms with E-state index in [1.54, 1.807) is 48.5 Å². The molecule has 0 aromatic heterocycles. The van der Waals surface area contributed by atoms with Gasteiger partial charge >= 0.3 is 0 Å². The van der Waals surface area contributed by atoms with E-state index < -0.39 is 21.5 Å². The summed E-state index contributed by atoms with van der Waals surface area (Å²) < 4.78 is 29.2. The number of carbonyl (C=O) groups is 1. The fourth-order valence-electron chi connectivity index (χ4n) is 2.00. The molecule has 2 aromatic carbocycles. The van der Waals surface area contributed by atoms with Gasteiger partial charge in [-0.3, -0.25) is 4.79 Å². The number of amides is 1. The Morgan fingerprint density at radius 2 is 1.87 bits per heavy atom. The monoisotopic (exact) mass is 353 g/mol. The first-order valence-corrected chi connectivity index (χ1v) is 8.97. The van der Waals surface area contributed by atoms with Gasteiger partial charge in [0.25, 0.3) is 0 Å². The van der Waals surface area contributed by atoms with E-state index in [0.29, 0.717) is 22.0 Å². The largest absolute Gasteiger partial charge is 0.497 e. The van der Waals surface area contributed by atoms with Gasteiger partial charge in [0.1, 0.15) is 11.5 Å². The van der Waals surface area contributed by atoms with Crippen molar-refractivity contribution in [3.63, 3.8) is 0 Å². The summed E-state index contributed by atoms with van der Waals surface area (Å²) in [6.07, 6.45) is 0. The van der Waals surface area contributed by atoms with E-state index in [0.717, 1.165) is 0 Å². The van der Waals surface area contributed by atoms with Gasteiger partial charge < -0.3 is 10.1 Å². The van der Waals surface area contributed by atoms with Crippen LogP contribution in [0.1, 0.15) is 5.56 Å². The summed E-state index contributed by atoms with van der Waals surface area (Å²) in [6, 6.07) is 13.2. The van der Waals surface area contributed by atoms with E-state index in [9.17, 15) is 13.2 Å². The van der Waals surface area contributed by atoms with Crippen molar-refractivity contribution in [3.05, 3.63) is 59.1 Å². The van der Waals surface area contributed by atoms with Crippen LogP contribution in [0.15, 0.2) is 48.5 Å². The van der Waals surface area contributed by atoms with Gasteiger partial charge in [0.2, 0.25) is 5.91 Å². The molecule has 0 aliphatic heterocycles. The van der Waals surface area contributed by atoms with Crippen LogP contribution in [-0.2, 0) is 20.4 Å². The van der Waals surface area contributed by atoms with Crippen LogP contribution in [-0.4, -0.2) is 27.2 Å². The predicted molar refractivity (Wildman–Crippen MR) is 90.6 cm³/mol. The zero-order valence-corrected chi connectivity index (χ0v) is 14.0. The van der Waals surface area contributed by atoms with Crippen LogP contribution >= 0.6 is 11.6 Å². The number of rotatable bonds is 6. The number of hydrogen-bond donors (Lipinski definition) is 1. The molecule has 0 aliphatic carbocycles. The van der Waals surface area contributed by atoms with Crippen LogP contribution in [0.2, 0.25) is 5.02 Å². The summed E-state index contributed by atoms with van der Waals surface area (Å²) in [6.45, 7) is 0. The van der Waals surface area contributed by atoms with Gasteiger partial charge in [0.15, 0.2) is 9.84 Å². The minimum Gasteiger partial charge on any atom is -0.497 e. The van der Waals surface area contributed by atoms with Crippen molar-refractivity contribution in [3.8, 4) is 5.75 Å². The highest BCUT2D eigenvalue weighted by Gasteiger charge is 2.17. The summed E-state index contributed by atoms with van der Waals surface area (Å²) in [5.74, 6) is -0.761. The van der Waals surface area contributed by atoms with Crippen LogP contribution in [0.5, 0.6) is 5.75 Å². The first kappa shape index (κ1) is 17.3. The quantitative estimate of drug-likeness (QED) is 0.866. The highest BCUT2D eigenvalue weighted by molar-refractivity contribution is 7.91. The van der Waals surface area contributed by atoms with Crippen LogP contribution < -0.4 is 10.1 Å². The van der Waals surface area contributed by atoms with Crippen molar-refractivity contribution in [2.24, 2.45) is 0 Å². The normalized spacial score (nSPS) is 11.0. The maximum Gasteiger partial charge on any atom is 0.239 e. The Labute approximate surface area is 140 Å². The summed E-state index contributed by atoms with van der Waals surface area (Å²) in [5.41, 5.74) is 1.06. The van der Waals surface area contributed by atoms with E-state index in [4.69, 9.17) is 16.3 Å². The lowest BCUT2D eigenvalue weighted by Gasteiger charge is -2.07. The van der Waals surface area contributed by atoms with Crippen LogP contribution in [0.4, 0.5) is 5.69 Å². The third kappa shape index (κ3) is 5.58. The smallest absolute Gasteiger partial charge is 0.239 e. The zero-order valence-electron chi connectivity index (χ0n) is 12.5. The molecule has 0 aliphatic rings. The molecule has 0 fully saturated rings. The minimum absolute atomic E-state index is 0.233. The van der Waals surface area contributed by atoms with E-state index in [-0.39, 0.29) is 5.75 Å². The summed E-state index contributed by atoms with van der Waals surface area (Å²) in [4.78, 5) is 11.9. The van der Waals surface area contributed by atoms with E-state index >= 15 is 0 Å². The molecule has 0 bridgehead atoms. The molecule has 23 heavy (non-hydrogen) atoms. The third-order valence-electron chi connectivity index (χ3n) is 3.00. The molecule has 0 atom stereocenters. The molecule has 0 spiro atoms. The van der Waals surface area contributed by atoms with Gasteiger partial charge in [0.05, 0.1) is 12.9 Å². The van der Waals surface area contributed by atoms with Gasteiger partial charge in [-0.2, -0.15) is 0 Å². The van der Waals surface area contributed by atoms with Gasteiger partial charge in [-0.1, -0.05) is 23.7 Å². The maximum atomic E-state index is 12.1. The Balaban J connectivity index is 1.97. The van der Waals surface area contributed by atoms with Crippen molar-refractivity contribution in [1.82, 2.24) is 0 Å². The molecule has 122 valence electrons. The first-order valence-electron chi connectivity index (χ1n) is 6.77. The number of benzene rings is 2. The van der Waals surface area contributed by atoms with E-state index in [1.807, 2.05) is 0 Å². The second kappa shape index (κ2) is 7.48. The van der Waals surface area contributed by atoms with Crippen molar-refractivity contribution in [1.29, 1.82) is 0 Å². The third-order valence-corrected chi connectivity index (χ3v) is 4.71. The molecule has 0 saturated carbocycles. The predicted octanol–water partition coefficient (Wildman–Crippen LogP) is 2.90. The maximum absolute atomic E-state index is 12.1. The molecule has 1 amide bonds. The van der Waals surface area contributed by atoms with Crippen LogP contribution in [0, 0.1) is 0 Å². The van der Waals surface area contributed by atoms with Crippen molar-refractivity contribution < 1.29 is 17.9 Å². The fraction of sp³-hybridized carbons (Fsp3) is 0.188. The molecule has 2 aromatic rings. The van der Waals surface area contributed by atoms with Gasteiger partial charge in [0, 0.05) is 10.7 Å². The summed E-state index contributed by atoms with van der Waals surface area (Å²) >= 11 is 5.83. The second-order valence-electron chi connectivity index (χ2n) is 4.94. The lowest BCUT2D eigenvalue weighted by molar-refractivity contribution is -0.113. The summed E-state index contributed by atoms with van der Waals surface area (Å²) in [5, 5.41) is 3.01. The molecule has 2 rings (SSSR count). The molecule has 7 heteroatoms. The minimum atomic E-state index is -3.58. The standard InChI is InChI=1S/C16H16ClNO4S/c1-22-15-7-5-14(6-8-15)18-16(19)11-23(20,21)10-12-3-2-4-13(17)9-12/h2-9H,10-11H2,1H3,(H,18,19). The lowest BCUT2D eigenvalue weighted by atomic mass is 10.2.